The smallest absolute Gasteiger partial charge is 0.295 e. The van der Waals surface area contributed by atoms with E-state index in [2.05, 4.69) is 0 Å². The van der Waals surface area contributed by atoms with Crippen LogP contribution in [0.1, 0.15) is 44.4 Å². The highest BCUT2D eigenvalue weighted by atomic mass is 35.5. The zero-order chi connectivity index (χ0) is 21.9. The molecule has 3 aromatic carbocycles. The summed E-state index contributed by atoms with van der Waals surface area (Å²) in [5.74, 6) is -0.258. The van der Waals surface area contributed by atoms with Gasteiger partial charge in [-0.05, 0) is 67.8 Å². The van der Waals surface area contributed by atoms with Gasteiger partial charge >= 0.3 is 0 Å². The quantitative estimate of drug-likeness (QED) is 0.385. The van der Waals surface area contributed by atoms with Crippen molar-refractivity contribution in [1.82, 2.24) is 0 Å². The van der Waals surface area contributed by atoms with Crippen molar-refractivity contribution >= 4 is 34.2 Å². The maximum atomic E-state index is 13.7. The van der Waals surface area contributed by atoms with Crippen molar-refractivity contribution in [2.45, 2.75) is 26.8 Å². The Morgan fingerprint density at radius 2 is 1.61 bits per heavy atom. The molecule has 5 heteroatoms. The zero-order valence-corrected chi connectivity index (χ0v) is 18.2. The second kappa shape index (κ2) is 7.10. The molecule has 0 bridgehead atoms. The molecule has 4 aromatic rings. The molecule has 1 unspecified atom stereocenters. The summed E-state index contributed by atoms with van der Waals surface area (Å²) in [6.07, 6.45) is 0. The van der Waals surface area contributed by atoms with E-state index in [0.29, 0.717) is 27.2 Å². The molecule has 0 radical (unpaired) electrons. The first-order valence-corrected chi connectivity index (χ1v) is 10.5. The number of halogens is 1. The largest absolute Gasteiger partial charge is 0.450 e. The van der Waals surface area contributed by atoms with Crippen LogP contribution in [0.2, 0.25) is 5.02 Å². The number of carbonyl (C=O) groups excluding carboxylic acids is 1. The number of rotatable bonds is 2. The molecule has 5 rings (SSSR count). The Morgan fingerprint density at radius 1 is 0.903 bits per heavy atom. The fraction of sp³-hybridized carbons (Fsp3) is 0.154. The predicted molar refractivity (Wildman–Crippen MR) is 123 cm³/mol. The maximum Gasteiger partial charge on any atom is 0.295 e. The normalized spacial score (nSPS) is 15.5. The summed E-state index contributed by atoms with van der Waals surface area (Å²) in [6.45, 7) is 5.92. The highest BCUT2D eigenvalue weighted by molar-refractivity contribution is 6.31. The third-order valence-electron chi connectivity index (χ3n) is 5.97. The minimum Gasteiger partial charge on any atom is -0.450 e. The third-order valence-corrected chi connectivity index (χ3v) is 6.20. The number of aryl methyl sites for hydroxylation is 3. The molecule has 1 atom stereocenters. The number of fused-ring (bicyclic) bond motifs is 2. The molecule has 0 saturated heterocycles. The lowest BCUT2D eigenvalue weighted by molar-refractivity contribution is 0.0971. The third kappa shape index (κ3) is 3.06. The van der Waals surface area contributed by atoms with E-state index in [1.807, 2.05) is 63.2 Å². The van der Waals surface area contributed by atoms with Crippen LogP contribution in [-0.4, -0.2) is 5.91 Å². The average Bonchev–Trinajstić information content (AvgIpc) is 3.03. The SMILES string of the molecule is Cc1ccc(C2c3c(oc4cc(C)c(C)cc4c3=O)C(=O)N2c2cccc(Cl)c2)cc1. The van der Waals surface area contributed by atoms with Gasteiger partial charge in [-0.25, -0.2) is 0 Å². The average molecular weight is 430 g/mol. The summed E-state index contributed by atoms with van der Waals surface area (Å²) < 4.78 is 6.07. The van der Waals surface area contributed by atoms with Crippen LogP contribution in [0.4, 0.5) is 5.69 Å². The van der Waals surface area contributed by atoms with Crippen molar-refractivity contribution in [3.63, 3.8) is 0 Å². The Kier molecular flexibility index (Phi) is 4.49. The Bertz CT molecular complexity index is 1420. The lowest BCUT2D eigenvalue weighted by atomic mass is 9.96. The highest BCUT2D eigenvalue weighted by Gasteiger charge is 2.43. The summed E-state index contributed by atoms with van der Waals surface area (Å²) in [5.41, 5.74) is 5.17. The second-order valence-electron chi connectivity index (χ2n) is 8.07. The molecular formula is C26H20ClNO3. The zero-order valence-electron chi connectivity index (χ0n) is 17.4. The van der Waals surface area contributed by atoms with Gasteiger partial charge in [0.1, 0.15) is 5.58 Å². The lowest BCUT2D eigenvalue weighted by Gasteiger charge is -2.25. The van der Waals surface area contributed by atoms with Crippen LogP contribution in [0.25, 0.3) is 11.0 Å². The Morgan fingerprint density at radius 3 is 2.32 bits per heavy atom. The molecule has 0 saturated carbocycles. The van der Waals surface area contributed by atoms with Gasteiger partial charge < -0.3 is 4.42 Å². The van der Waals surface area contributed by atoms with Crippen LogP contribution in [0, 0.1) is 20.8 Å². The first-order valence-electron chi connectivity index (χ1n) is 10.1. The van der Waals surface area contributed by atoms with Gasteiger partial charge in [0.05, 0.1) is 17.0 Å². The van der Waals surface area contributed by atoms with E-state index in [1.165, 1.54) is 0 Å². The molecule has 1 amide bonds. The maximum absolute atomic E-state index is 13.7. The molecule has 0 spiro atoms. The molecule has 0 fully saturated rings. The number of hydrogen-bond acceptors (Lipinski definition) is 3. The predicted octanol–water partition coefficient (Wildman–Crippen LogP) is 6.12. The standard InChI is InChI=1S/C26H20ClNO3/c1-14-7-9-17(10-8-14)23-22-24(29)20-11-15(2)16(3)12-21(20)31-25(22)26(30)28(23)19-6-4-5-18(27)13-19/h4-13,23H,1-3H3. The van der Waals surface area contributed by atoms with Crippen LogP contribution in [-0.2, 0) is 0 Å². The first-order chi connectivity index (χ1) is 14.8. The van der Waals surface area contributed by atoms with Crippen LogP contribution < -0.4 is 10.3 Å². The number of hydrogen-bond donors (Lipinski definition) is 0. The fourth-order valence-corrected chi connectivity index (χ4v) is 4.37. The van der Waals surface area contributed by atoms with Crippen molar-refractivity contribution in [2.24, 2.45) is 0 Å². The molecule has 1 aromatic heterocycles. The van der Waals surface area contributed by atoms with Crippen LogP contribution in [0.15, 0.2) is 69.9 Å². The Balaban J connectivity index is 1.83. The molecule has 2 heterocycles. The fourth-order valence-electron chi connectivity index (χ4n) is 4.18. The van der Waals surface area contributed by atoms with Gasteiger partial charge in [0, 0.05) is 10.7 Å². The molecule has 0 aliphatic carbocycles. The summed E-state index contributed by atoms with van der Waals surface area (Å²) in [5, 5.41) is 0.999. The molecule has 1 aliphatic rings. The highest BCUT2D eigenvalue weighted by Crippen LogP contribution is 2.41. The van der Waals surface area contributed by atoms with Gasteiger partial charge in [-0.1, -0.05) is 47.5 Å². The number of anilines is 1. The molecule has 1 aliphatic heterocycles. The number of nitrogens with zero attached hydrogens (tertiary/aromatic N) is 1. The van der Waals surface area contributed by atoms with Crippen molar-refractivity contribution in [2.75, 3.05) is 4.90 Å². The summed E-state index contributed by atoms with van der Waals surface area (Å²) >= 11 is 6.23. The number of amides is 1. The molecule has 0 N–H and O–H groups in total. The Hall–Kier alpha value is -3.37. The van der Waals surface area contributed by atoms with Crippen molar-refractivity contribution in [3.8, 4) is 0 Å². The lowest BCUT2D eigenvalue weighted by Crippen LogP contribution is -2.29. The number of carbonyl (C=O) groups is 1. The minimum atomic E-state index is -0.594. The van der Waals surface area contributed by atoms with Crippen LogP contribution in [0.3, 0.4) is 0 Å². The van der Waals surface area contributed by atoms with E-state index in [0.717, 1.165) is 22.3 Å². The summed E-state index contributed by atoms with van der Waals surface area (Å²) in [6, 6.07) is 18.0. The van der Waals surface area contributed by atoms with E-state index < -0.39 is 6.04 Å². The van der Waals surface area contributed by atoms with E-state index in [9.17, 15) is 9.59 Å². The molecular weight excluding hydrogens is 410 g/mol. The van der Waals surface area contributed by atoms with Crippen molar-refractivity contribution in [1.29, 1.82) is 0 Å². The van der Waals surface area contributed by atoms with E-state index >= 15 is 0 Å². The van der Waals surface area contributed by atoms with E-state index in [1.54, 1.807) is 23.1 Å². The van der Waals surface area contributed by atoms with Gasteiger partial charge in [-0.3, -0.25) is 14.5 Å². The first kappa shape index (κ1) is 19.6. The van der Waals surface area contributed by atoms with Gasteiger partial charge in [-0.15, -0.1) is 0 Å². The van der Waals surface area contributed by atoms with E-state index in [4.69, 9.17) is 16.0 Å². The van der Waals surface area contributed by atoms with Gasteiger partial charge in [-0.2, -0.15) is 0 Å². The van der Waals surface area contributed by atoms with Crippen LogP contribution >= 0.6 is 11.6 Å². The van der Waals surface area contributed by atoms with Crippen molar-refractivity contribution < 1.29 is 9.21 Å². The van der Waals surface area contributed by atoms with Gasteiger partial charge in [0.2, 0.25) is 5.76 Å². The summed E-state index contributed by atoms with van der Waals surface area (Å²) in [4.78, 5) is 28.8. The minimum absolute atomic E-state index is 0.0892. The monoisotopic (exact) mass is 429 g/mol. The molecule has 154 valence electrons. The summed E-state index contributed by atoms with van der Waals surface area (Å²) in [7, 11) is 0. The molecule has 4 nitrogen and oxygen atoms in total. The van der Waals surface area contributed by atoms with Gasteiger partial charge in [0.15, 0.2) is 5.43 Å². The Labute approximate surface area is 184 Å². The van der Waals surface area contributed by atoms with Crippen LogP contribution in [0.5, 0.6) is 0 Å². The second-order valence-corrected chi connectivity index (χ2v) is 8.51. The van der Waals surface area contributed by atoms with Crippen molar-refractivity contribution in [3.05, 3.63) is 109 Å². The van der Waals surface area contributed by atoms with E-state index in [-0.39, 0.29) is 17.1 Å². The van der Waals surface area contributed by atoms with Gasteiger partial charge in [0.25, 0.3) is 5.91 Å². The molecule has 31 heavy (non-hydrogen) atoms. The topological polar surface area (TPSA) is 50.5 Å². The number of benzene rings is 3.